The van der Waals surface area contributed by atoms with Crippen LogP contribution >= 0.6 is 0 Å². The maximum atomic E-state index is 12.0. The molecule has 0 heterocycles. The third-order valence-corrected chi connectivity index (χ3v) is 4.14. The molecule has 6 nitrogen and oxygen atoms in total. The highest BCUT2D eigenvalue weighted by molar-refractivity contribution is 7.89. The van der Waals surface area contributed by atoms with Crippen LogP contribution in [0.1, 0.15) is 22.8 Å². The van der Waals surface area contributed by atoms with Gasteiger partial charge in [-0.1, -0.05) is 13.0 Å². The van der Waals surface area contributed by atoms with Gasteiger partial charge in [0.25, 0.3) is 0 Å². The van der Waals surface area contributed by atoms with Crippen LogP contribution in [-0.4, -0.2) is 32.6 Å². The Morgan fingerprint density at radius 3 is 2.63 bits per heavy atom. The molecule has 1 aromatic rings. The van der Waals surface area contributed by atoms with E-state index >= 15 is 0 Å². The molecule has 0 aliphatic rings. The maximum Gasteiger partial charge on any atom is 0.249 e. The summed E-state index contributed by atoms with van der Waals surface area (Å²) in [6.07, 6.45) is 0. The Labute approximate surface area is 112 Å². The number of hydrogen-bond acceptors (Lipinski definition) is 4. The molecule has 0 saturated carbocycles. The second kappa shape index (κ2) is 6.14. The molecule has 1 amide bonds. The van der Waals surface area contributed by atoms with Gasteiger partial charge in [-0.2, -0.15) is 0 Å². The van der Waals surface area contributed by atoms with E-state index in [1.807, 2.05) is 0 Å². The monoisotopic (exact) mass is 286 g/mol. The standard InChI is InChI=1S/C12H18N2O4S/c1-8(7-15)6-14-19(17,18)10-4-3-9(2)11(5-10)12(13)16/h3-5,8,14-15H,6-7H2,1-2H3,(H2,13,16). The summed E-state index contributed by atoms with van der Waals surface area (Å²) in [5.74, 6) is -0.853. The summed E-state index contributed by atoms with van der Waals surface area (Å²) in [5, 5.41) is 8.86. The molecule has 0 spiro atoms. The topological polar surface area (TPSA) is 109 Å². The molecule has 0 fully saturated rings. The first-order valence-corrected chi connectivity index (χ1v) is 7.27. The third kappa shape index (κ3) is 4.02. The smallest absolute Gasteiger partial charge is 0.249 e. The van der Waals surface area contributed by atoms with Crippen molar-refractivity contribution >= 4 is 15.9 Å². The molecule has 1 atom stereocenters. The first kappa shape index (κ1) is 15.6. The van der Waals surface area contributed by atoms with Crippen LogP contribution in [0.15, 0.2) is 23.1 Å². The minimum Gasteiger partial charge on any atom is -0.396 e. The Morgan fingerprint density at radius 2 is 2.11 bits per heavy atom. The van der Waals surface area contributed by atoms with E-state index in [0.717, 1.165) is 0 Å². The van der Waals surface area contributed by atoms with Crippen molar-refractivity contribution in [2.45, 2.75) is 18.7 Å². The molecule has 106 valence electrons. The summed E-state index contributed by atoms with van der Waals surface area (Å²) in [6, 6.07) is 4.20. The Bertz CT molecular complexity index is 569. The molecule has 0 saturated heterocycles. The Balaban J connectivity index is 3.02. The molecule has 4 N–H and O–H groups in total. The zero-order valence-electron chi connectivity index (χ0n) is 10.9. The molecule has 0 aromatic heterocycles. The van der Waals surface area contributed by atoms with E-state index in [2.05, 4.69) is 4.72 Å². The SMILES string of the molecule is Cc1ccc(S(=O)(=O)NCC(C)CO)cc1C(N)=O. The number of nitrogens with one attached hydrogen (secondary N) is 1. The number of carbonyl (C=O) groups excluding carboxylic acids is 1. The summed E-state index contributed by atoms with van der Waals surface area (Å²) in [5.41, 5.74) is 5.98. The van der Waals surface area contributed by atoms with Gasteiger partial charge in [-0.05, 0) is 30.5 Å². The summed E-state index contributed by atoms with van der Waals surface area (Å²) in [4.78, 5) is 11.2. The van der Waals surface area contributed by atoms with Gasteiger partial charge in [0.1, 0.15) is 0 Å². The minimum atomic E-state index is -3.71. The van der Waals surface area contributed by atoms with E-state index in [0.29, 0.717) is 5.56 Å². The Kier molecular flexibility index (Phi) is 5.04. The lowest BCUT2D eigenvalue weighted by atomic mass is 10.1. The average Bonchev–Trinajstić information content (AvgIpc) is 2.35. The highest BCUT2D eigenvalue weighted by Gasteiger charge is 2.17. The summed E-state index contributed by atoms with van der Waals surface area (Å²) in [6.45, 7) is 3.41. The number of primary amides is 1. The third-order valence-electron chi connectivity index (χ3n) is 2.72. The number of aliphatic hydroxyl groups is 1. The molecule has 0 aliphatic heterocycles. The van der Waals surface area contributed by atoms with Crippen molar-refractivity contribution in [3.63, 3.8) is 0 Å². The fraction of sp³-hybridized carbons (Fsp3) is 0.417. The van der Waals surface area contributed by atoms with Gasteiger partial charge in [0.2, 0.25) is 15.9 Å². The molecule has 1 aromatic carbocycles. The fourth-order valence-corrected chi connectivity index (χ4v) is 2.62. The van der Waals surface area contributed by atoms with Crippen LogP contribution in [0, 0.1) is 12.8 Å². The normalized spacial score (nSPS) is 13.2. The number of amides is 1. The number of aryl methyl sites for hydroxylation is 1. The second-order valence-corrected chi connectivity index (χ2v) is 6.25. The van der Waals surface area contributed by atoms with Crippen LogP contribution in [0.5, 0.6) is 0 Å². The van der Waals surface area contributed by atoms with E-state index in [1.165, 1.54) is 18.2 Å². The summed E-state index contributed by atoms with van der Waals surface area (Å²) < 4.78 is 26.4. The van der Waals surface area contributed by atoms with Crippen molar-refractivity contribution in [3.8, 4) is 0 Å². The van der Waals surface area contributed by atoms with Gasteiger partial charge in [0, 0.05) is 18.7 Å². The van der Waals surface area contributed by atoms with Crippen molar-refractivity contribution in [2.24, 2.45) is 11.7 Å². The maximum absolute atomic E-state index is 12.0. The number of nitrogens with two attached hydrogens (primary N) is 1. The molecule has 1 rings (SSSR count). The molecule has 1 unspecified atom stereocenters. The first-order chi connectivity index (χ1) is 8.77. The van der Waals surface area contributed by atoms with Gasteiger partial charge >= 0.3 is 0 Å². The van der Waals surface area contributed by atoms with Crippen LogP contribution in [0.2, 0.25) is 0 Å². The van der Waals surface area contributed by atoms with E-state index in [1.54, 1.807) is 13.8 Å². The second-order valence-electron chi connectivity index (χ2n) is 4.48. The summed E-state index contributed by atoms with van der Waals surface area (Å²) >= 11 is 0. The molecule has 0 radical (unpaired) electrons. The van der Waals surface area contributed by atoms with Crippen LogP contribution in [0.4, 0.5) is 0 Å². The Hall–Kier alpha value is -1.44. The molecule has 19 heavy (non-hydrogen) atoms. The molecular formula is C12H18N2O4S. The van der Waals surface area contributed by atoms with Crippen molar-refractivity contribution in [1.29, 1.82) is 0 Å². The Morgan fingerprint density at radius 1 is 1.47 bits per heavy atom. The van der Waals surface area contributed by atoms with E-state index < -0.39 is 15.9 Å². The number of rotatable bonds is 6. The van der Waals surface area contributed by atoms with Gasteiger partial charge in [-0.25, -0.2) is 13.1 Å². The van der Waals surface area contributed by atoms with Crippen LogP contribution < -0.4 is 10.5 Å². The number of hydrogen-bond donors (Lipinski definition) is 3. The predicted octanol–water partition coefficient (Wildman–Crippen LogP) is 0.000620. The number of benzene rings is 1. The van der Waals surface area contributed by atoms with E-state index in [4.69, 9.17) is 10.8 Å². The van der Waals surface area contributed by atoms with E-state index in [9.17, 15) is 13.2 Å². The van der Waals surface area contributed by atoms with Crippen molar-refractivity contribution < 1.29 is 18.3 Å². The zero-order valence-corrected chi connectivity index (χ0v) is 11.7. The summed E-state index contributed by atoms with van der Waals surface area (Å²) in [7, 11) is -3.71. The molecule has 0 bridgehead atoms. The largest absolute Gasteiger partial charge is 0.396 e. The average molecular weight is 286 g/mol. The highest BCUT2D eigenvalue weighted by Crippen LogP contribution is 2.15. The number of carbonyl (C=O) groups is 1. The van der Waals surface area contributed by atoms with Gasteiger partial charge in [-0.3, -0.25) is 4.79 Å². The first-order valence-electron chi connectivity index (χ1n) is 5.79. The lowest BCUT2D eigenvalue weighted by molar-refractivity contribution is 0.0999. The van der Waals surface area contributed by atoms with Gasteiger partial charge in [0.05, 0.1) is 4.90 Å². The van der Waals surface area contributed by atoms with Crippen LogP contribution in [0.25, 0.3) is 0 Å². The molecule has 7 heteroatoms. The van der Waals surface area contributed by atoms with E-state index in [-0.39, 0.29) is 29.5 Å². The van der Waals surface area contributed by atoms with Gasteiger partial charge in [0.15, 0.2) is 0 Å². The van der Waals surface area contributed by atoms with Crippen molar-refractivity contribution in [3.05, 3.63) is 29.3 Å². The quantitative estimate of drug-likeness (QED) is 0.683. The van der Waals surface area contributed by atoms with Gasteiger partial charge in [-0.15, -0.1) is 0 Å². The van der Waals surface area contributed by atoms with Crippen molar-refractivity contribution in [2.75, 3.05) is 13.2 Å². The number of sulfonamides is 1. The lowest BCUT2D eigenvalue weighted by Gasteiger charge is -2.11. The minimum absolute atomic E-state index is 0.0166. The van der Waals surface area contributed by atoms with Crippen molar-refractivity contribution in [1.82, 2.24) is 4.72 Å². The lowest BCUT2D eigenvalue weighted by Crippen LogP contribution is -2.30. The predicted molar refractivity (Wildman–Crippen MR) is 71.1 cm³/mol. The molecular weight excluding hydrogens is 268 g/mol. The fourth-order valence-electron chi connectivity index (χ4n) is 1.43. The van der Waals surface area contributed by atoms with Crippen LogP contribution in [0.3, 0.4) is 0 Å². The molecule has 0 aliphatic carbocycles. The number of aliphatic hydroxyl groups excluding tert-OH is 1. The van der Waals surface area contributed by atoms with Gasteiger partial charge < -0.3 is 10.8 Å². The highest BCUT2D eigenvalue weighted by atomic mass is 32.2. The zero-order chi connectivity index (χ0) is 14.6. The van der Waals surface area contributed by atoms with Crippen LogP contribution in [-0.2, 0) is 10.0 Å².